The number of carbonyl (C=O) groups excluding carboxylic acids is 4. The van der Waals surface area contributed by atoms with E-state index in [0.29, 0.717) is 30.8 Å². The van der Waals surface area contributed by atoms with E-state index >= 15 is 0 Å². The van der Waals surface area contributed by atoms with Crippen molar-refractivity contribution < 1.29 is 19.2 Å². The van der Waals surface area contributed by atoms with E-state index in [1.54, 1.807) is 35.2 Å². The van der Waals surface area contributed by atoms with Gasteiger partial charge in [-0.1, -0.05) is 42.5 Å². The molecule has 2 aliphatic rings. The van der Waals surface area contributed by atoms with Gasteiger partial charge < -0.3 is 16.0 Å². The second kappa shape index (κ2) is 12.0. The molecule has 3 heterocycles. The van der Waals surface area contributed by atoms with Crippen molar-refractivity contribution in [1.29, 1.82) is 0 Å². The molecule has 1 saturated heterocycles. The van der Waals surface area contributed by atoms with Crippen molar-refractivity contribution in [2.24, 2.45) is 5.73 Å². The number of nitrogens with zero attached hydrogens (tertiary/aromatic N) is 3. The van der Waals surface area contributed by atoms with Crippen molar-refractivity contribution in [2.45, 2.75) is 31.8 Å². The third-order valence-electron chi connectivity index (χ3n) is 8.44. The molecule has 3 N–H and O–H groups in total. The van der Waals surface area contributed by atoms with E-state index in [4.69, 9.17) is 10.7 Å². The van der Waals surface area contributed by atoms with Gasteiger partial charge in [0.25, 0.3) is 17.7 Å². The maximum atomic E-state index is 13.1. The predicted octanol–water partition coefficient (Wildman–Crippen LogP) is 5.00. The Morgan fingerprint density at radius 1 is 0.955 bits per heavy atom. The van der Waals surface area contributed by atoms with Crippen LogP contribution in [0.25, 0.3) is 21.8 Å². The number of anilines is 1. The number of hydrogen-bond acceptors (Lipinski definition) is 6. The molecule has 222 valence electrons. The van der Waals surface area contributed by atoms with E-state index in [1.807, 2.05) is 66.1 Å². The second-order valence-corrected chi connectivity index (χ2v) is 11.9. The quantitative estimate of drug-likeness (QED) is 0.227. The third-order valence-corrected chi connectivity index (χ3v) is 9.34. The number of nitrogens with one attached hydrogen (secondary N) is 1. The van der Waals surface area contributed by atoms with Crippen LogP contribution >= 0.6 is 11.3 Å². The summed E-state index contributed by atoms with van der Waals surface area (Å²) in [5.74, 6) is -1.01. The van der Waals surface area contributed by atoms with Gasteiger partial charge >= 0.3 is 5.91 Å². The topological polar surface area (TPSA) is 122 Å². The predicted molar refractivity (Wildman–Crippen MR) is 172 cm³/mol. The number of nitrogens with two attached hydrogens (primary N) is 1. The standard InChI is InChI=1S/C34H31N5O4S/c1-22(40)39(20-6-10-30(39)31(35)41)27-17-13-24(14-18-27)33-37-28(21-44-33)23-11-15-26(16-12-23)36-32(42)29-9-5-19-38(29)34(43)25-7-3-2-4-8-25/h2-5,7-9,11-18,21,29-30H,6,10,19-20H2,1H3,(H2-,35,36,41,42)/p+1/t29-,30-,39?/m0/s1. The van der Waals surface area contributed by atoms with Crippen LogP contribution in [0.5, 0.6) is 0 Å². The van der Waals surface area contributed by atoms with Crippen molar-refractivity contribution in [3.05, 3.63) is 102 Å². The smallest absolute Gasteiger partial charge is 0.316 e. The summed E-state index contributed by atoms with van der Waals surface area (Å²) in [6.45, 7) is 2.46. The third kappa shape index (κ3) is 5.34. The summed E-state index contributed by atoms with van der Waals surface area (Å²) in [5.41, 5.74) is 10.2. The number of amides is 4. The first-order chi connectivity index (χ1) is 21.3. The number of primary amides is 1. The Morgan fingerprint density at radius 3 is 2.34 bits per heavy atom. The van der Waals surface area contributed by atoms with Gasteiger partial charge in [-0.05, 0) is 36.4 Å². The molecular formula is C34H32N5O4S+. The largest absolute Gasteiger partial charge is 0.364 e. The molecule has 3 atom stereocenters. The SMILES string of the molecule is CC(=O)[N+]1(c2ccc(-c3nc(-c4ccc(NC(=O)[C@@H]5C=CCN5C(=O)c5ccccc5)cc4)cs3)cc2)CCC[C@H]1C(N)=O. The average Bonchev–Trinajstić information content (AvgIpc) is 3.82. The minimum atomic E-state index is -0.686. The fourth-order valence-electron chi connectivity index (χ4n) is 6.19. The van der Waals surface area contributed by atoms with Gasteiger partial charge in [0.1, 0.15) is 16.7 Å². The van der Waals surface area contributed by atoms with E-state index in [1.165, 1.54) is 18.3 Å². The van der Waals surface area contributed by atoms with E-state index in [0.717, 1.165) is 33.9 Å². The van der Waals surface area contributed by atoms with Crippen LogP contribution < -0.4 is 15.5 Å². The van der Waals surface area contributed by atoms with Gasteiger partial charge in [0.05, 0.1) is 19.2 Å². The number of carbonyl (C=O) groups is 4. The number of hydrogen-bond donors (Lipinski definition) is 2. The molecule has 9 nitrogen and oxygen atoms in total. The fraction of sp³-hybridized carbons (Fsp3) is 0.206. The monoisotopic (exact) mass is 606 g/mol. The minimum absolute atomic E-state index is 0.0416. The van der Waals surface area contributed by atoms with Gasteiger partial charge in [-0.25, -0.2) is 14.3 Å². The Morgan fingerprint density at radius 2 is 1.66 bits per heavy atom. The fourth-order valence-corrected chi connectivity index (χ4v) is 7.03. The Balaban J connectivity index is 1.13. The highest BCUT2D eigenvalue weighted by Crippen LogP contribution is 2.37. The van der Waals surface area contributed by atoms with Crippen LogP contribution in [0.15, 0.2) is 96.4 Å². The van der Waals surface area contributed by atoms with Gasteiger partial charge in [-0.3, -0.25) is 14.4 Å². The molecule has 4 amide bonds. The van der Waals surface area contributed by atoms with Gasteiger partial charge in [0, 0.05) is 59.3 Å². The Labute approximate surface area is 259 Å². The molecule has 44 heavy (non-hydrogen) atoms. The molecule has 1 unspecified atom stereocenters. The van der Waals surface area contributed by atoms with Crippen LogP contribution in [0.3, 0.4) is 0 Å². The summed E-state index contributed by atoms with van der Waals surface area (Å²) in [6.07, 6.45) is 4.93. The summed E-state index contributed by atoms with van der Waals surface area (Å²) in [4.78, 5) is 57.3. The van der Waals surface area contributed by atoms with Gasteiger partial charge in [-0.15, -0.1) is 11.3 Å². The minimum Gasteiger partial charge on any atom is -0.364 e. The second-order valence-electron chi connectivity index (χ2n) is 11.0. The molecule has 6 rings (SSSR count). The lowest BCUT2D eigenvalue weighted by Gasteiger charge is -2.34. The molecule has 1 fully saturated rings. The Bertz CT molecular complexity index is 1750. The van der Waals surface area contributed by atoms with Crippen LogP contribution in [-0.2, 0) is 14.4 Å². The van der Waals surface area contributed by atoms with Crippen LogP contribution in [0.4, 0.5) is 11.4 Å². The van der Waals surface area contributed by atoms with Crippen molar-refractivity contribution >= 4 is 46.3 Å². The van der Waals surface area contributed by atoms with Crippen LogP contribution in [-0.4, -0.2) is 58.7 Å². The molecule has 0 bridgehead atoms. The van der Waals surface area contributed by atoms with Crippen molar-refractivity contribution in [2.75, 3.05) is 18.4 Å². The highest BCUT2D eigenvalue weighted by molar-refractivity contribution is 7.13. The van der Waals surface area contributed by atoms with Gasteiger partial charge in [0.15, 0.2) is 6.04 Å². The van der Waals surface area contributed by atoms with Crippen LogP contribution in [0.2, 0.25) is 0 Å². The number of rotatable bonds is 7. The summed E-state index contributed by atoms with van der Waals surface area (Å²) >= 11 is 1.51. The van der Waals surface area contributed by atoms with E-state index in [-0.39, 0.29) is 22.2 Å². The first-order valence-corrected chi connectivity index (χ1v) is 15.3. The number of quaternary nitrogens is 1. The summed E-state index contributed by atoms with van der Waals surface area (Å²) in [5, 5.41) is 5.72. The zero-order valence-corrected chi connectivity index (χ0v) is 25.0. The van der Waals surface area contributed by atoms with Crippen molar-refractivity contribution in [3.8, 4) is 21.8 Å². The van der Waals surface area contributed by atoms with Crippen molar-refractivity contribution in [1.82, 2.24) is 14.4 Å². The Hall–Kier alpha value is -4.93. The van der Waals surface area contributed by atoms with Gasteiger partial charge in [-0.2, -0.15) is 0 Å². The Kier molecular flexibility index (Phi) is 7.94. The zero-order chi connectivity index (χ0) is 30.8. The highest BCUT2D eigenvalue weighted by Gasteiger charge is 2.51. The molecular weight excluding hydrogens is 574 g/mol. The lowest BCUT2D eigenvalue weighted by molar-refractivity contribution is -0.134. The number of aromatic nitrogens is 1. The molecule has 2 aliphatic heterocycles. The molecule has 0 saturated carbocycles. The number of likely N-dealkylation sites (tertiary alicyclic amines) is 1. The highest BCUT2D eigenvalue weighted by atomic mass is 32.1. The molecule has 1 aromatic heterocycles. The summed E-state index contributed by atoms with van der Waals surface area (Å²) in [7, 11) is 0. The molecule has 3 aromatic carbocycles. The molecule has 10 heteroatoms. The maximum Gasteiger partial charge on any atom is 0.316 e. The molecule has 0 radical (unpaired) electrons. The molecule has 0 spiro atoms. The number of benzene rings is 3. The molecule has 0 aliphatic carbocycles. The normalized spacial score (nSPS) is 20.9. The first kappa shape index (κ1) is 29.2. The lowest BCUT2D eigenvalue weighted by atomic mass is 10.1. The van der Waals surface area contributed by atoms with E-state index in [2.05, 4.69) is 5.32 Å². The van der Waals surface area contributed by atoms with E-state index in [9.17, 15) is 19.2 Å². The number of thiazole rings is 1. The molecule has 4 aromatic rings. The van der Waals surface area contributed by atoms with Crippen molar-refractivity contribution in [3.63, 3.8) is 0 Å². The van der Waals surface area contributed by atoms with Gasteiger partial charge in [0.2, 0.25) is 0 Å². The zero-order valence-electron chi connectivity index (χ0n) is 24.2. The average molecular weight is 607 g/mol. The van der Waals surface area contributed by atoms with E-state index < -0.39 is 18.0 Å². The lowest BCUT2D eigenvalue weighted by Crippen LogP contribution is -2.60. The summed E-state index contributed by atoms with van der Waals surface area (Å²) < 4.78 is -0.0416. The summed E-state index contributed by atoms with van der Waals surface area (Å²) in [6, 6.07) is 22.8. The van der Waals surface area contributed by atoms with Crippen LogP contribution in [0.1, 0.15) is 30.1 Å². The van der Waals surface area contributed by atoms with Crippen LogP contribution in [0, 0.1) is 0 Å². The maximum absolute atomic E-state index is 13.1. The first-order valence-electron chi connectivity index (χ1n) is 14.5.